The molecular formula is C7H10NO3. The van der Waals surface area contributed by atoms with Gasteiger partial charge >= 0.3 is 5.97 Å². The van der Waals surface area contributed by atoms with E-state index in [1.54, 1.807) is 6.07 Å². The summed E-state index contributed by atoms with van der Waals surface area (Å²) in [6.07, 6.45) is -0.379. The highest BCUT2D eigenvalue weighted by atomic mass is 16.6. The normalized spacial score (nSPS) is 11.7. The zero-order chi connectivity index (χ0) is 8.69. The maximum atomic E-state index is 10.6. The van der Waals surface area contributed by atoms with Gasteiger partial charge < -0.3 is 9.47 Å². The molecule has 0 aromatic heterocycles. The SMILES string of the molecule is [CH2]OC(=O)C(C#N)OCCC. The van der Waals surface area contributed by atoms with E-state index < -0.39 is 12.1 Å². The van der Waals surface area contributed by atoms with E-state index in [9.17, 15) is 4.79 Å². The van der Waals surface area contributed by atoms with Crippen LogP contribution in [0.25, 0.3) is 0 Å². The van der Waals surface area contributed by atoms with Gasteiger partial charge in [-0.05, 0) is 6.42 Å². The molecule has 0 saturated heterocycles. The van der Waals surface area contributed by atoms with Crippen molar-refractivity contribution in [1.82, 2.24) is 0 Å². The Kier molecular flexibility index (Phi) is 5.13. The lowest BCUT2D eigenvalue weighted by atomic mass is 10.4. The minimum Gasteiger partial charge on any atom is -0.459 e. The molecule has 0 aromatic carbocycles. The Morgan fingerprint density at radius 2 is 2.45 bits per heavy atom. The molecule has 1 unspecified atom stereocenters. The molecule has 0 amide bonds. The van der Waals surface area contributed by atoms with Gasteiger partial charge in [-0.1, -0.05) is 6.92 Å². The molecule has 11 heavy (non-hydrogen) atoms. The summed E-state index contributed by atoms with van der Waals surface area (Å²) in [6, 6.07) is 1.65. The van der Waals surface area contributed by atoms with Crippen LogP contribution in [-0.4, -0.2) is 18.7 Å². The average Bonchev–Trinajstić information content (AvgIpc) is 2.05. The molecule has 0 aromatic rings. The van der Waals surface area contributed by atoms with Crippen molar-refractivity contribution in [1.29, 1.82) is 5.26 Å². The van der Waals surface area contributed by atoms with E-state index in [4.69, 9.17) is 10.00 Å². The standard InChI is InChI=1S/C7H10NO3/c1-3-4-11-6(5-8)7(9)10-2/h6H,2-4H2,1H3. The van der Waals surface area contributed by atoms with Gasteiger partial charge in [0.1, 0.15) is 13.2 Å². The highest BCUT2D eigenvalue weighted by Gasteiger charge is 2.17. The van der Waals surface area contributed by atoms with Gasteiger partial charge in [0.15, 0.2) is 0 Å². The Balaban J connectivity index is 3.78. The predicted molar refractivity (Wildman–Crippen MR) is 37.1 cm³/mol. The molecule has 0 spiro atoms. The second kappa shape index (κ2) is 5.69. The molecule has 1 radical (unpaired) electrons. The van der Waals surface area contributed by atoms with Crippen LogP contribution in [0.1, 0.15) is 13.3 Å². The van der Waals surface area contributed by atoms with Crippen LogP contribution in [0.4, 0.5) is 0 Å². The first-order valence-electron chi connectivity index (χ1n) is 3.23. The van der Waals surface area contributed by atoms with Crippen molar-refractivity contribution in [3.05, 3.63) is 7.11 Å². The molecule has 0 N–H and O–H groups in total. The minimum absolute atomic E-state index is 0.368. The number of esters is 1. The third-order valence-corrected chi connectivity index (χ3v) is 0.962. The first-order valence-corrected chi connectivity index (χ1v) is 3.23. The van der Waals surface area contributed by atoms with Crippen molar-refractivity contribution in [3.8, 4) is 6.07 Å². The third kappa shape index (κ3) is 3.58. The summed E-state index contributed by atoms with van der Waals surface area (Å²) in [5.74, 6) is -0.749. The quantitative estimate of drug-likeness (QED) is 0.560. The molecule has 0 aliphatic heterocycles. The summed E-state index contributed by atoms with van der Waals surface area (Å²) in [7, 11) is 2.88. The van der Waals surface area contributed by atoms with Crippen molar-refractivity contribution < 1.29 is 14.3 Å². The predicted octanol–water partition coefficient (Wildman–Crippen LogP) is 0.640. The van der Waals surface area contributed by atoms with Crippen LogP contribution in [0.2, 0.25) is 0 Å². The summed E-state index contributed by atoms with van der Waals surface area (Å²) in [6.45, 7) is 2.25. The number of carbonyl (C=O) groups is 1. The van der Waals surface area contributed by atoms with E-state index >= 15 is 0 Å². The second-order valence-electron chi connectivity index (χ2n) is 1.84. The fourth-order valence-electron chi connectivity index (χ4n) is 0.469. The van der Waals surface area contributed by atoms with Crippen molar-refractivity contribution in [3.63, 3.8) is 0 Å². The van der Waals surface area contributed by atoms with Crippen LogP contribution in [0.5, 0.6) is 0 Å². The van der Waals surface area contributed by atoms with Crippen LogP contribution in [0.15, 0.2) is 0 Å². The molecule has 0 saturated carbocycles. The number of hydrogen-bond donors (Lipinski definition) is 0. The van der Waals surface area contributed by atoms with Gasteiger partial charge in [-0.3, -0.25) is 0 Å². The summed E-state index contributed by atoms with van der Waals surface area (Å²) < 4.78 is 8.88. The Hall–Kier alpha value is -1.08. The first-order chi connectivity index (χ1) is 5.26. The maximum Gasteiger partial charge on any atom is 0.350 e. The van der Waals surface area contributed by atoms with Gasteiger partial charge in [0, 0.05) is 6.61 Å². The number of hydrogen-bond acceptors (Lipinski definition) is 4. The molecule has 0 aliphatic rings. The fraction of sp³-hybridized carbons (Fsp3) is 0.571. The number of carbonyl (C=O) groups excluding carboxylic acids is 1. The molecule has 0 fully saturated rings. The van der Waals surface area contributed by atoms with Crippen molar-refractivity contribution >= 4 is 5.97 Å². The van der Waals surface area contributed by atoms with Gasteiger partial charge in [0.2, 0.25) is 6.10 Å². The molecule has 0 heterocycles. The Morgan fingerprint density at radius 1 is 1.82 bits per heavy atom. The van der Waals surface area contributed by atoms with Crippen LogP contribution in [0, 0.1) is 18.4 Å². The zero-order valence-corrected chi connectivity index (χ0v) is 6.37. The Morgan fingerprint density at radius 3 is 2.82 bits per heavy atom. The van der Waals surface area contributed by atoms with E-state index in [-0.39, 0.29) is 0 Å². The molecule has 4 heteroatoms. The number of nitrogens with zero attached hydrogens (tertiary/aromatic N) is 1. The summed E-state index contributed by atoms with van der Waals surface area (Å²) in [5, 5.41) is 8.35. The molecule has 1 atom stereocenters. The molecule has 61 valence electrons. The first kappa shape index (κ1) is 9.92. The molecule has 0 rings (SSSR count). The van der Waals surface area contributed by atoms with E-state index in [1.807, 2.05) is 6.92 Å². The lowest BCUT2D eigenvalue weighted by Gasteiger charge is -2.05. The van der Waals surface area contributed by atoms with Crippen molar-refractivity contribution in [2.45, 2.75) is 19.4 Å². The van der Waals surface area contributed by atoms with Gasteiger partial charge in [0.05, 0.1) is 0 Å². The van der Waals surface area contributed by atoms with Crippen LogP contribution in [-0.2, 0) is 14.3 Å². The minimum atomic E-state index is -1.13. The molecule has 4 nitrogen and oxygen atoms in total. The Labute approximate surface area is 65.7 Å². The summed E-state index contributed by atoms with van der Waals surface area (Å²) in [5.41, 5.74) is 0. The summed E-state index contributed by atoms with van der Waals surface area (Å²) in [4.78, 5) is 10.6. The van der Waals surface area contributed by atoms with E-state index in [2.05, 4.69) is 11.8 Å². The van der Waals surface area contributed by atoms with Crippen LogP contribution < -0.4 is 0 Å². The number of ether oxygens (including phenoxy) is 2. The fourth-order valence-corrected chi connectivity index (χ4v) is 0.469. The second-order valence-corrected chi connectivity index (χ2v) is 1.84. The molecular weight excluding hydrogens is 146 g/mol. The zero-order valence-electron chi connectivity index (χ0n) is 6.37. The van der Waals surface area contributed by atoms with E-state index in [1.165, 1.54) is 0 Å². The average molecular weight is 156 g/mol. The highest BCUT2D eigenvalue weighted by Crippen LogP contribution is 1.94. The smallest absolute Gasteiger partial charge is 0.350 e. The van der Waals surface area contributed by atoms with Crippen molar-refractivity contribution in [2.75, 3.05) is 6.61 Å². The third-order valence-electron chi connectivity index (χ3n) is 0.962. The van der Waals surface area contributed by atoms with Crippen molar-refractivity contribution in [2.24, 2.45) is 0 Å². The van der Waals surface area contributed by atoms with Gasteiger partial charge in [-0.25, -0.2) is 4.79 Å². The highest BCUT2D eigenvalue weighted by molar-refractivity contribution is 5.77. The largest absolute Gasteiger partial charge is 0.459 e. The Bertz CT molecular complexity index is 162. The number of nitriles is 1. The van der Waals surface area contributed by atoms with E-state index in [0.717, 1.165) is 6.42 Å². The summed E-state index contributed by atoms with van der Waals surface area (Å²) >= 11 is 0. The van der Waals surface area contributed by atoms with Gasteiger partial charge in [-0.15, -0.1) is 0 Å². The topological polar surface area (TPSA) is 59.3 Å². The molecule has 0 aliphatic carbocycles. The van der Waals surface area contributed by atoms with E-state index in [0.29, 0.717) is 6.61 Å². The van der Waals surface area contributed by atoms with Gasteiger partial charge in [-0.2, -0.15) is 5.26 Å². The van der Waals surface area contributed by atoms with Gasteiger partial charge in [0.25, 0.3) is 0 Å². The molecule has 0 bridgehead atoms. The monoisotopic (exact) mass is 156 g/mol. The number of rotatable bonds is 4. The lowest BCUT2D eigenvalue weighted by molar-refractivity contribution is -0.148. The lowest BCUT2D eigenvalue weighted by Crippen LogP contribution is -2.23. The van der Waals surface area contributed by atoms with Crippen LogP contribution >= 0.6 is 0 Å². The van der Waals surface area contributed by atoms with Crippen LogP contribution in [0.3, 0.4) is 0 Å². The maximum absolute atomic E-state index is 10.6.